The molecule has 1 aliphatic rings. The molecule has 1 aromatic heterocycles. The van der Waals surface area contributed by atoms with Crippen molar-refractivity contribution in [3.05, 3.63) is 59.3 Å². The zero-order chi connectivity index (χ0) is 16.1. The molecule has 1 amide bonds. The highest BCUT2D eigenvalue weighted by atomic mass is 16.1. The second-order valence-electron chi connectivity index (χ2n) is 5.90. The molecule has 2 aromatic rings. The van der Waals surface area contributed by atoms with Gasteiger partial charge in [0, 0.05) is 44.5 Å². The molecule has 5 nitrogen and oxygen atoms in total. The molecule has 120 valence electrons. The molecule has 0 aliphatic carbocycles. The summed E-state index contributed by atoms with van der Waals surface area (Å²) in [7, 11) is 0. The number of nitrogens with zero attached hydrogens (tertiary/aromatic N) is 2. The van der Waals surface area contributed by atoms with Gasteiger partial charge in [0.1, 0.15) is 5.82 Å². The van der Waals surface area contributed by atoms with Crippen LogP contribution >= 0.6 is 0 Å². The number of piperazine rings is 1. The molecule has 0 saturated carbocycles. The maximum atomic E-state index is 12.3. The highest BCUT2D eigenvalue weighted by Gasteiger charge is 2.11. The fourth-order valence-electron chi connectivity index (χ4n) is 2.68. The van der Waals surface area contributed by atoms with Crippen molar-refractivity contribution < 1.29 is 4.79 Å². The van der Waals surface area contributed by atoms with E-state index in [9.17, 15) is 4.79 Å². The normalized spacial score (nSPS) is 15.3. The number of aryl methyl sites for hydroxylation is 1. The Morgan fingerprint density at radius 1 is 1.22 bits per heavy atom. The fraction of sp³-hybridized carbons (Fsp3) is 0.333. The molecular formula is C18H22N4O. The Hall–Kier alpha value is -2.24. The van der Waals surface area contributed by atoms with Crippen molar-refractivity contribution in [2.24, 2.45) is 0 Å². The Labute approximate surface area is 136 Å². The van der Waals surface area contributed by atoms with E-state index in [1.165, 1.54) is 5.56 Å². The van der Waals surface area contributed by atoms with E-state index in [0.29, 0.717) is 11.4 Å². The van der Waals surface area contributed by atoms with Gasteiger partial charge >= 0.3 is 0 Å². The summed E-state index contributed by atoms with van der Waals surface area (Å²) in [5, 5.41) is 6.18. The Kier molecular flexibility index (Phi) is 5.00. The molecule has 0 radical (unpaired) electrons. The number of aromatic nitrogens is 1. The molecule has 1 aliphatic heterocycles. The molecule has 5 heteroatoms. The summed E-state index contributed by atoms with van der Waals surface area (Å²) < 4.78 is 0. The van der Waals surface area contributed by atoms with Crippen LogP contribution in [0.5, 0.6) is 0 Å². The van der Waals surface area contributed by atoms with Crippen LogP contribution in [-0.2, 0) is 6.54 Å². The number of nitrogens with one attached hydrogen (secondary N) is 2. The van der Waals surface area contributed by atoms with Crippen molar-refractivity contribution in [3.63, 3.8) is 0 Å². The van der Waals surface area contributed by atoms with Crippen molar-refractivity contribution in [1.82, 2.24) is 15.2 Å². The molecule has 23 heavy (non-hydrogen) atoms. The standard InChI is InChI=1S/C18H22N4O/c1-14-6-7-20-17(12-14)21-18(23)16-4-2-15(3-5-16)13-22-10-8-19-9-11-22/h2-7,12,19H,8-11,13H2,1H3,(H,20,21,23). The first-order chi connectivity index (χ1) is 11.2. The number of anilines is 1. The molecule has 2 heterocycles. The minimum Gasteiger partial charge on any atom is -0.314 e. The third-order valence-corrected chi connectivity index (χ3v) is 3.99. The van der Waals surface area contributed by atoms with Crippen molar-refractivity contribution >= 4 is 11.7 Å². The van der Waals surface area contributed by atoms with Gasteiger partial charge in [-0.1, -0.05) is 12.1 Å². The Morgan fingerprint density at radius 3 is 2.65 bits per heavy atom. The van der Waals surface area contributed by atoms with Gasteiger partial charge in [-0.3, -0.25) is 9.69 Å². The smallest absolute Gasteiger partial charge is 0.256 e. The first-order valence-corrected chi connectivity index (χ1v) is 7.97. The summed E-state index contributed by atoms with van der Waals surface area (Å²) in [5.41, 5.74) is 2.95. The van der Waals surface area contributed by atoms with Crippen LogP contribution in [0.1, 0.15) is 21.5 Å². The first-order valence-electron chi connectivity index (χ1n) is 7.97. The van der Waals surface area contributed by atoms with Crippen molar-refractivity contribution in [3.8, 4) is 0 Å². The lowest BCUT2D eigenvalue weighted by molar-refractivity contribution is 0.102. The topological polar surface area (TPSA) is 57.3 Å². The molecular weight excluding hydrogens is 288 g/mol. The lowest BCUT2D eigenvalue weighted by Crippen LogP contribution is -2.42. The average molecular weight is 310 g/mol. The number of benzene rings is 1. The molecule has 3 rings (SSSR count). The molecule has 1 saturated heterocycles. The van der Waals surface area contributed by atoms with E-state index in [1.807, 2.05) is 43.3 Å². The van der Waals surface area contributed by atoms with Gasteiger partial charge in [-0.15, -0.1) is 0 Å². The zero-order valence-electron chi connectivity index (χ0n) is 13.4. The molecule has 1 fully saturated rings. The van der Waals surface area contributed by atoms with Crippen LogP contribution in [0.4, 0.5) is 5.82 Å². The average Bonchev–Trinajstić information content (AvgIpc) is 2.56. The summed E-state index contributed by atoms with van der Waals surface area (Å²) in [5.74, 6) is 0.455. The van der Waals surface area contributed by atoms with Crippen molar-refractivity contribution in [2.45, 2.75) is 13.5 Å². The van der Waals surface area contributed by atoms with Crippen LogP contribution in [0.25, 0.3) is 0 Å². The van der Waals surface area contributed by atoms with Gasteiger partial charge in [0.25, 0.3) is 5.91 Å². The quantitative estimate of drug-likeness (QED) is 0.907. The number of carbonyl (C=O) groups is 1. The summed E-state index contributed by atoms with van der Waals surface area (Å²) in [6, 6.07) is 11.6. The lowest BCUT2D eigenvalue weighted by Gasteiger charge is -2.27. The number of hydrogen-bond acceptors (Lipinski definition) is 4. The number of rotatable bonds is 4. The summed E-state index contributed by atoms with van der Waals surface area (Å²) >= 11 is 0. The van der Waals surface area contributed by atoms with Gasteiger partial charge in [-0.05, 0) is 42.3 Å². The van der Waals surface area contributed by atoms with E-state index < -0.39 is 0 Å². The van der Waals surface area contributed by atoms with Crippen LogP contribution in [0.2, 0.25) is 0 Å². The highest BCUT2D eigenvalue weighted by molar-refractivity contribution is 6.03. The van der Waals surface area contributed by atoms with Crippen molar-refractivity contribution in [2.75, 3.05) is 31.5 Å². The summed E-state index contributed by atoms with van der Waals surface area (Å²) in [6.07, 6.45) is 1.70. The Morgan fingerprint density at radius 2 is 1.96 bits per heavy atom. The van der Waals surface area contributed by atoms with E-state index in [2.05, 4.69) is 20.5 Å². The number of hydrogen-bond donors (Lipinski definition) is 2. The van der Waals surface area contributed by atoms with Gasteiger partial charge in [0.05, 0.1) is 0 Å². The summed E-state index contributed by atoms with van der Waals surface area (Å²) in [4.78, 5) is 18.8. The van der Waals surface area contributed by atoms with Gasteiger partial charge in [0.2, 0.25) is 0 Å². The molecule has 0 atom stereocenters. The van der Waals surface area contributed by atoms with Crippen LogP contribution in [0.3, 0.4) is 0 Å². The minimum absolute atomic E-state index is 0.128. The van der Waals surface area contributed by atoms with Gasteiger partial charge < -0.3 is 10.6 Å². The predicted octanol–water partition coefficient (Wildman–Crippen LogP) is 2.05. The first kappa shape index (κ1) is 15.6. The van der Waals surface area contributed by atoms with E-state index in [-0.39, 0.29) is 5.91 Å². The number of pyridine rings is 1. The van der Waals surface area contributed by atoms with E-state index in [4.69, 9.17) is 0 Å². The van der Waals surface area contributed by atoms with Crippen LogP contribution < -0.4 is 10.6 Å². The Balaban J connectivity index is 1.60. The molecule has 2 N–H and O–H groups in total. The molecule has 0 spiro atoms. The maximum Gasteiger partial charge on any atom is 0.256 e. The third kappa shape index (κ3) is 4.37. The summed E-state index contributed by atoms with van der Waals surface area (Å²) in [6.45, 7) is 7.14. The monoisotopic (exact) mass is 310 g/mol. The van der Waals surface area contributed by atoms with E-state index in [1.54, 1.807) is 6.20 Å². The largest absolute Gasteiger partial charge is 0.314 e. The van der Waals surface area contributed by atoms with Crippen LogP contribution in [0.15, 0.2) is 42.6 Å². The zero-order valence-corrected chi connectivity index (χ0v) is 13.4. The molecule has 0 bridgehead atoms. The fourth-order valence-corrected chi connectivity index (χ4v) is 2.68. The minimum atomic E-state index is -0.128. The Bertz CT molecular complexity index is 663. The third-order valence-electron chi connectivity index (χ3n) is 3.99. The van der Waals surface area contributed by atoms with Gasteiger partial charge in [0.15, 0.2) is 0 Å². The van der Waals surface area contributed by atoms with Crippen LogP contribution in [0, 0.1) is 6.92 Å². The second-order valence-corrected chi connectivity index (χ2v) is 5.90. The maximum absolute atomic E-state index is 12.3. The highest BCUT2D eigenvalue weighted by Crippen LogP contribution is 2.11. The lowest BCUT2D eigenvalue weighted by atomic mass is 10.1. The number of carbonyl (C=O) groups excluding carboxylic acids is 1. The predicted molar refractivity (Wildman–Crippen MR) is 91.5 cm³/mol. The SMILES string of the molecule is Cc1ccnc(NC(=O)c2ccc(CN3CCNCC3)cc2)c1. The van der Waals surface area contributed by atoms with E-state index >= 15 is 0 Å². The van der Waals surface area contributed by atoms with Crippen molar-refractivity contribution in [1.29, 1.82) is 0 Å². The van der Waals surface area contributed by atoms with E-state index in [0.717, 1.165) is 38.3 Å². The molecule has 0 unspecified atom stereocenters. The molecule has 1 aromatic carbocycles. The van der Waals surface area contributed by atoms with Gasteiger partial charge in [-0.2, -0.15) is 0 Å². The van der Waals surface area contributed by atoms with Crippen LogP contribution in [-0.4, -0.2) is 42.0 Å². The van der Waals surface area contributed by atoms with Gasteiger partial charge in [-0.25, -0.2) is 4.98 Å². The second kappa shape index (κ2) is 7.35. The number of amides is 1.